The van der Waals surface area contributed by atoms with Gasteiger partial charge in [0.25, 0.3) is 11.5 Å². The third-order valence-corrected chi connectivity index (χ3v) is 6.32. The average Bonchev–Trinajstić information content (AvgIpc) is 3.03. The first-order valence-corrected chi connectivity index (χ1v) is 11.4. The van der Waals surface area contributed by atoms with Crippen LogP contribution in [0.5, 0.6) is 0 Å². The van der Waals surface area contributed by atoms with Crippen LogP contribution in [0.25, 0.3) is 28.2 Å². The number of hydrogen-bond donors (Lipinski definition) is 1. The molecule has 0 saturated heterocycles. The van der Waals surface area contributed by atoms with Crippen LogP contribution in [-0.2, 0) is 4.79 Å². The number of aromatic nitrogens is 2. The number of hydrogen-bond acceptors (Lipinski definition) is 3. The fraction of sp³-hybridized carbons (Fsp3) is 0.0417. The minimum absolute atomic E-state index is 0.172. The van der Waals surface area contributed by atoms with Gasteiger partial charge in [-0.25, -0.2) is 4.98 Å². The van der Waals surface area contributed by atoms with E-state index in [-0.39, 0.29) is 11.5 Å². The zero-order valence-electron chi connectivity index (χ0n) is 16.3. The lowest BCUT2D eigenvalue weighted by Gasteiger charge is -2.13. The Labute approximate surface area is 200 Å². The standard InChI is InChI=1S/C24H15BrIN3O2/c1-13-3-2-4-16(9-13)29-22(27-21-8-6-15(26)11-19(21)24(29)31)12-18-17-10-14(25)5-7-20(17)28-23(18)30/h2-12H,1H3,(H,28,30). The predicted molar refractivity (Wildman–Crippen MR) is 135 cm³/mol. The fourth-order valence-electron chi connectivity index (χ4n) is 3.72. The normalized spacial score (nSPS) is 14.2. The largest absolute Gasteiger partial charge is 0.321 e. The van der Waals surface area contributed by atoms with Gasteiger partial charge in [-0.3, -0.25) is 14.2 Å². The summed E-state index contributed by atoms with van der Waals surface area (Å²) < 4.78 is 3.40. The number of nitrogens with one attached hydrogen (secondary N) is 1. The van der Waals surface area contributed by atoms with Crippen molar-refractivity contribution >= 4 is 72.7 Å². The maximum atomic E-state index is 13.6. The van der Waals surface area contributed by atoms with Crippen molar-refractivity contribution in [3.8, 4) is 5.69 Å². The third kappa shape index (κ3) is 3.61. The van der Waals surface area contributed by atoms with E-state index in [1.165, 1.54) is 0 Å². The molecule has 0 spiro atoms. The summed E-state index contributed by atoms with van der Waals surface area (Å²) in [6, 6.07) is 18.9. The fourth-order valence-corrected chi connectivity index (χ4v) is 4.57. The summed E-state index contributed by atoms with van der Waals surface area (Å²) in [5, 5.41) is 3.41. The predicted octanol–water partition coefficient (Wildman–Crippen LogP) is 5.55. The van der Waals surface area contributed by atoms with Crippen LogP contribution in [0.3, 0.4) is 0 Å². The number of anilines is 1. The Hall–Kier alpha value is -2.78. The molecule has 0 unspecified atom stereocenters. The van der Waals surface area contributed by atoms with Gasteiger partial charge in [0.05, 0.1) is 22.2 Å². The van der Waals surface area contributed by atoms with Gasteiger partial charge in [-0.1, -0.05) is 28.1 Å². The van der Waals surface area contributed by atoms with Crippen molar-refractivity contribution < 1.29 is 4.79 Å². The summed E-state index contributed by atoms with van der Waals surface area (Å²) in [5.74, 6) is 0.183. The van der Waals surface area contributed by atoms with E-state index in [2.05, 4.69) is 43.8 Å². The van der Waals surface area contributed by atoms with Gasteiger partial charge < -0.3 is 5.32 Å². The van der Waals surface area contributed by atoms with Crippen molar-refractivity contribution in [3.05, 3.63) is 96.0 Å². The first kappa shape index (κ1) is 20.1. The molecule has 7 heteroatoms. The zero-order valence-corrected chi connectivity index (χ0v) is 20.1. The van der Waals surface area contributed by atoms with Gasteiger partial charge in [0.2, 0.25) is 0 Å². The first-order chi connectivity index (χ1) is 14.9. The van der Waals surface area contributed by atoms with E-state index in [1.807, 2.05) is 67.6 Å². The molecule has 0 aliphatic carbocycles. The van der Waals surface area contributed by atoms with Gasteiger partial charge in [0, 0.05) is 19.3 Å². The Balaban J connectivity index is 1.83. The third-order valence-electron chi connectivity index (χ3n) is 5.15. The highest BCUT2D eigenvalue weighted by Crippen LogP contribution is 2.35. The van der Waals surface area contributed by atoms with E-state index in [9.17, 15) is 9.59 Å². The molecule has 1 aliphatic heterocycles. The number of rotatable bonds is 2. The van der Waals surface area contributed by atoms with E-state index >= 15 is 0 Å². The molecule has 1 N–H and O–H groups in total. The average molecular weight is 584 g/mol. The van der Waals surface area contributed by atoms with E-state index < -0.39 is 0 Å². The summed E-state index contributed by atoms with van der Waals surface area (Å²) in [5.41, 5.74) is 4.13. The Morgan fingerprint density at radius 2 is 1.90 bits per heavy atom. The monoisotopic (exact) mass is 583 g/mol. The number of fused-ring (bicyclic) bond motifs is 2. The van der Waals surface area contributed by atoms with E-state index in [0.717, 1.165) is 24.9 Å². The minimum atomic E-state index is -0.221. The van der Waals surface area contributed by atoms with E-state index in [4.69, 9.17) is 4.98 Å². The van der Waals surface area contributed by atoms with Gasteiger partial charge in [0.1, 0.15) is 5.82 Å². The Bertz CT molecular complexity index is 1490. The number of amides is 1. The van der Waals surface area contributed by atoms with Crippen LogP contribution < -0.4 is 10.9 Å². The molecule has 2 heterocycles. The first-order valence-electron chi connectivity index (χ1n) is 9.53. The lowest BCUT2D eigenvalue weighted by Crippen LogP contribution is -2.23. The summed E-state index contributed by atoms with van der Waals surface area (Å²) in [7, 11) is 0. The molecule has 5 rings (SSSR count). The molecule has 0 bridgehead atoms. The molecule has 1 aliphatic rings. The van der Waals surface area contributed by atoms with Crippen molar-refractivity contribution in [1.82, 2.24) is 9.55 Å². The van der Waals surface area contributed by atoms with Crippen molar-refractivity contribution in [2.45, 2.75) is 6.92 Å². The molecule has 0 fully saturated rings. The van der Waals surface area contributed by atoms with Gasteiger partial charge in [-0.05, 0) is 89.7 Å². The molecule has 4 aromatic rings. The SMILES string of the molecule is Cc1cccc(-n2c(C=C3C(=O)Nc4ccc(Br)cc43)nc3ccc(I)cc3c2=O)c1. The quantitative estimate of drug-likeness (QED) is 0.248. The molecular weight excluding hydrogens is 569 g/mol. The van der Waals surface area contributed by atoms with Crippen molar-refractivity contribution in [1.29, 1.82) is 0 Å². The summed E-state index contributed by atoms with van der Waals surface area (Å²) in [6.45, 7) is 1.97. The molecule has 1 amide bonds. The van der Waals surface area contributed by atoms with Crippen LogP contribution in [-0.4, -0.2) is 15.5 Å². The molecule has 5 nitrogen and oxygen atoms in total. The molecule has 0 saturated carbocycles. The second-order valence-corrected chi connectivity index (χ2v) is 9.47. The molecule has 31 heavy (non-hydrogen) atoms. The number of nitrogens with zero attached hydrogens (tertiary/aromatic N) is 2. The molecule has 3 aromatic carbocycles. The summed E-state index contributed by atoms with van der Waals surface area (Å²) >= 11 is 5.66. The van der Waals surface area contributed by atoms with Gasteiger partial charge in [-0.15, -0.1) is 0 Å². The van der Waals surface area contributed by atoms with E-state index in [0.29, 0.717) is 28.0 Å². The topological polar surface area (TPSA) is 64.0 Å². The molecule has 152 valence electrons. The van der Waals surface area contributed by atoms with Crippen LogP contribution in [0.15, 0.2) is 69.9 Å². The molecule has 0 atom stereocenters. The number of carbonyl (C=O) groups excluding carboxylic acids is 1. The van der Waals surface area contributed by atoms with Crippen LogP contribution in [0.1, 0.15) is 17.0 Å². The number of aryl methyl sites for hydroxylation is 1. The second kappa shape index (κ2) is 7.72. The Morgan fingerprint density at radius 1 is 1.06 bits per heavy atom. The minimum Gasteiger partial charge on any atom is -0.321 e. The van der Waals surface area contributed by atoms with E-state index in [1.54, 1.807) is 10.6 Å². The van der Waals surface area contributed by atoms with Gasteiger partial charge in [-0.2, -0.15) is 0 Å². The smallest absolute Gasteiger partial charge is 0.266 e. The van der Waals surface area contributed by atoms with Crippen LogP contribution in [0.2, 0.25) is 0 Å². The number of benzene rings is 3. The Morgan fingerprint density at radius 3 is 2.71 bits per heavy atom. The summed E-state index contributed by atoms with van der Waals surface area (Å²) in [4.78, 5) is 31.0. The van der Waals surface area contributed by atoms with Crippen LogP contribution in [0.4, 0.5) is 5.69 Å². The number of carbonyl (C=O) groups is 1. The maximum absolute atomic E-state index is 13.6. The van der Waals surface area contributed by atoms with Gasteiger partial charge in [0.15, 0.2) is 0 Å². The van der Waals surface area contributed by atoms with Crippen molar-refractivity contribution in [2.75, 3.05) is 5.32 Å². The lowest BCUT2D eigenvalue weighted by molar-refractivity contribution is -0.110. The zero-order chi connectivity index (χ0) is 21.7. The Kier molecular flexibility index (Phi) is 5.02. The highest BCUT2D eigenvalue weighted by Gasteiger charge is 2.25. The van der Waals surface area contributed by atoms with Crippen LogP contribution in [0, 0.1) is 10.5 Å². The lowest BCUT2D eigenvalue weighted by atomic mass is 10.1. The second-order valence-electron chi connectivity index (χ2n) is 7.31. The van der Waals surface area contributed by atoms with Gasteiger partial charge >= 0.3 is 0 Å². The molecule has 1 aromatic heterocycles. The van der Waals surface area contributed by atoms with Crippen LogP contribution >= 0.6 is 38.5 Å². The maximum Gasteiger partial charge on any atom is 0.266 e. The molecule has 0 radical (unpaired) electrons. The number of halogens is 2. The van der Waals surface area contributed by atoms with Crippen molar-refractivity contribution in [2.24, 2.45) is 0 Å². The highest BCUT2D eigenvalue weighted by atomic mass is 127. The highest BCUT2D eigenvalue weighted by molar-refractivity contribution is 14.1. The van der Waals surface area contributed by atoms with Crippen molar-refractivity contribution in [3.63, 3.8) is 0 Å². The molecular formula is C24H15BrIN3O2. The summed E-state index contributed by atoms with van der Waals surface area (Å²) in [6.07, 6.45) is 1.69.